The number of nitro groups is 1. The molecule has 5 aromatic rings. The van der Waals surface area contributed by atoms with Crippen LogP contribution in [0.25, 0.3) is 32.4 Å². The average Bonchev–Trinajstić information content (AvgIpc) is 3.48. The van der Waals surface area contributed by atoms with Gasteiger partial charge in [0.1, 0.15) is 4.83 Å². The molecule has 5 rings (SSSR count). The predicted molar refractivity (Wildman–Crippen MR) is 123 cm³/mol. The zero-order valence-corrected chi connectivity index (χ0v) is 18.8. The van der Waals surface area contributed by atoms with Crippen molar-refractivity contribution in [2.24, 2.45) is 0 Å². The molecule has 0 atom stereocenters. The Balaban J connectivity index is 1.48. The quantitative estimate of drug-likeness (QED) is 0.211. The highest BCUT2D eigenvalue weighted by molar-refractivity contribution is 7.21. The van der Waals surface area contributed by atoms with Crippen LogP contribution in [-0.4, -0.2) is 24.9 Å². The van der Waals surface area contributed by atoms with E-state index in [1.165, 1.54) is 23.5 Å². The molecular formula is C21H13Cl2N5O3S. The van der Waals surface area contributed by atoms with Gasteiger partial charge >= 0.3 is 0 Å². The summed E-state index contributed by atoms with van der Waals surface area (Å²) >= 11 is 14.1. The highest BCUT2D eigenvalue weighted by Gasteiger charge is 2.19. The highest BCUT2D eigenvalue weighted by Crippen LogP contribution is 2.36. The van der Waals surface area contributed by atoms with Crippen molar-refractivity contribution < 1.29 is 9.34 Å². The molecule has 3 heterocycles. The molecule has 0 spiro atoms. The summed E-state index contributed by atoms with van der Waals surface area (Å²) < 4.78 is 7.70. The lowest BCUT2D eigenvalue weighted by atomic mass is 10.2. The van der Waals surface area contributed by atoms with E-state index in [0.29, 0.717) is 28.0 Å². The number of benzene rings is 2. The van der Waals surface area contributed by atoms with Gasteiger partial charge in [-0.3, -0.25) is 10.1 Å². The van der Waals surface area contributed by atoms with Gasteiger partial charge in [-0.2, -0.15) is 5.10 Å². The molecule has 11 heteroatoms. The van der Waals surface area contributed by atoms with Crippen molar-refractivity contribution in [2.75, 3.05) is 0 Å². The Bertz CT molecular complexity index is 1450. The molecule has 32 heavy (non-hydrogen) atoms. The summed E-state index contributed by atoms with van der Waals surface area (Å²) in [6.45, 7) is 2.36. The second-order valence-electron chi connectivity index (χ2n) is 6.99. The molecular weight excluding hydrogens is 473 g/mol. The predicted octanol–water partition coefficient (Wildman–Crippen LogP) is 6.39. The maximum atomic E-state index is 10.8. The zero-order valence-electron chi connectivity index (χ0n) is 16.5. The largest absolute Gasteiger partial charge is 0.415 e. The Morgan fingerprint density at radius 2 is 1.78 bits per heavy atom. The first-order valence-electron chi connectivity index (χ1n) is 9.39. The Hall–Kier alpha value is -3.27. The first kappa shape index (κ1) is 20.6. The number of fused-ring (bicyclic) bond motifs is 1. The van der Waals surface area contributed by atoms with E-state index in [1.54, 1.807) is 30.3 Å². The maximum Gasteiger partial charge on any atom is 0.269 e. The number of thiophene rings is 1. The van der Waals surface area contributed by atoms with E-state index >= 15 is 0 Å². The first-order chi connectivity index (χ1) is 15.4. The Labute approximate surface area is 195 Å². The Morgan fingerprint density at radius 1 is 1.09 bits per heavy atom. The molecule has 0 radical (unpaired) electrons. The van der Waals surface area contributed by atoms with Gasteiger partial charge in [-0.1, -0.05) is 29.3 Å². The van der Waals surface area contributed by atoms with Gasteiger partial charge in [0, 0.05) is 38.7 Å². The van der Waals surface area contributed by atoms with Gasteiger partial charge in [0.05, 0.1) is 22.0 Å². The number of aryl methyl sites for hydroxylation is 1. The van der Waals surface area contributed by atoms with Crippen LogP contribution in [0, 0.1) is 17.0 Å². The Kier molecular flexibility index (Phi) is 5.16. The summed E-state index contributed by atoms with van der Waals surface area (Å²) in [5.41, 5.74) is 2.26. The van der Waals surface area contributed by atoms with Gasteiger partial charge in [0.25, 0.3) is 11.6 Å². The lowest BCUT2D eigenvalue weighted by Gasteiger charge is -2.07. The lowest BCUT2D eigenvalue weighted by Crippen LogP contribution is -2.02. The van der Waals surface area contributed by atoms with Crippen molar-refractivity contribution in [3.63, 3.8) is 0 Å². The number of halogens is 2. The molecule has 0 aliphatic heterocycles. The molecule has 0 bridgehead atoms. The fourth-order valence-corrected chi connectivity index (χ4v) is 4.92. The molecule has 0 aliphatic carbocycles. The van der Waals surface area contributed by atoms with Crippen LogP contribution in [0.15, 0.2) is 52.9 Å². The number of aromatic nitrogens is 4. The fourth-order valence-electron chi connectivity index (χ4n) is 3.32. The molecule has 3 aromatic heterocycles. The third-order valence-electron chi connectivity index (χ3n) is 4.94. The molecule has 2 aromatic carbocycles. The smallest absolute Gasteiger partial charge is 0.269 e. The van der Waals surface area contributed by atoms with Crippen LogP contribution in [0.3, 0.4) is 0 Å². The number of hydrogen-bond donors (Lipinski definition) is 0. The van der Waals surface area contributed by atoms with Crippen molar-refractivity contribution in [3.05, 3.63) is 79.9 Å². The number of nitro benzene ring substituents is 1. The lowest BCUT2D eigenvalue weighted by molar-refractivity contribution is -0.384. The van der Waals surface area contributed by atoms with Gasteiger partial charge in [-0.05, 0) is 37.3 Å². The molecule has 0 saturated carbocycles. The van der Waals surface area contributed by atoms with Crippen LogP contribution in [0.1, 0.15) is 11.3 Å². The Morgan fingerprint density at radius 3 is 2.47 bits per heavy atom. The van der Waals surface area contributed by atoms with Crippen LogP contribution in [-0.2, 0) is 6.54 Å². The standard InChI is InChI=1S/C21H13Cl2N5O3S/c1-11-14-9-18(20-25-24-19(31-20)12-5-7-13(8-6-12)28(29)30)32-21(14)27(26-11)10-15-16(22)3-2-4-17(15)23/h2-9H,10H2,1H3. The summed E-state index contributed by atoms with van der Waals surface area (Å²) in [5.74, 6) is 0.648. The van der Waals surface area contributed by atoms with Crippen molar-refractivity contribution in [3.8, 4) is 22.2 Å². The van der Waals surface area contributed by atoms with E-state index in [0.717, 1.165) is 26.4 Å². The number of non-ortho nitro benzene ring substituents is 1. The van der Waals surface area contributed by atoms with Crippen LogP contribution in [0.2, 0.25) is 10.0 Å². The maximum absolute atomic E-state index is 10.8. The third kappa shape index (κ3) is 3.64. The summed E-state index contributed by atoms with van der Waals surface area (Å²) in [6, 6.07) is 13.3. The summed E-state index contributed by atoms with van der Waals surface area (Å²) in [7, 11) is 0. The van der Waals surface area contributed by atoms with Crippen molar-refractivity contribution in [2.45, 2.75) is 13.5 Å². The van der Waals surface area contributed by atoms with E-state index < -0.39 is 4.92 Å². The summed E-state index contributed by atoms with van der Waals surface area (Å²) in [5, 5.41) is 25.9. The van der Waals surface area contributed by atoms with Crippen LogP contribution in [0.5, 0.6) is 0 Å². The second-order valence-corrected chi connectivity index (χ2v) is 8.83. The molecule has 0 amide bonds. The second kappa shape index (κ2) is 8.01. The van der Waals surface area contributed by atoms with Gasteiger partial charge < -0.3 is 4.42 Å². The van der Waals surface area contributed by atoms with E-state index in [-0.39, 0.29) is 11.6 Å². The molecule has 0 fully saturated rings. The van der Waals surface area contributed by atoms with Crippen LogP contribution < -0.4 is 0 Å². The monoisotopic (exact) mass is 485 g/mol. The number of hydrogen-bond acceptors (Lipinski definition) is 7. The number of rotatable bonds is 5. The minimum Gasteiger partial charge on any atom is -0.415 e. The van der Waals surface area contributed by atoms with E-state index in [4.69, 9.17) is 27.6 Å². The zero-order chi connectivity index (χ0) is 22.4. The SMILES string of the molecule is Cc1nn(Cc2c(Cl)cccc2Cl)c2sc(-c3nnc(-c4ccc([N+](=O)[O-])cc4)o3)cc12. The minimum atomic E-state index is -0.457. The normalized spacial score (nSPS) is 11.3. The van der Waals surface area contributed by atoms with E-state index in [2.05, 4.69) is 15.3 Å². The summed E-state index contributed by atoms with van der Waals surface area (Å²) in [6.07, 6.45) is 0. The van der Waals surface area contributed by atoms with E-state index in [9.17, 15) is 10.1 Å². The van der Waals surface area contributed by atoms with Crippen LogP contribution in [0.4, 0.5) is 5.69 Å². The molecule has 0 aliphatic rings. The van der Waals surface area contributed by atoms with Gasteiger partial charge in [-0.25, -0.2) is 4.68 Å². The molecule has 8 nitrogen and oxygen atoms in total. The van der Waals surface area contributed by atoms with E-state index in [1.807, 2.05) is 17.7 Å². The van der Waals surface area contributed by atoms with Crippen molar-refractivity contribution in [1.82, 2.24) is 20.0 Å². The molecule has 0 saturated heterocycles. The molecule has 0 N–H and O–H groups in total. The highest BCUT2D eigenvalue weighted by atomic mass is 35.5. The third-order valence-corrected chi connectivity index (χ3v) is 6.78. The molecule has 160 valence electrons. The first-order valence-corrected chi connectivity index (χ1v) is 11.0. The van der Waals surface area contributed by atoms with Crippen molar-refractivity contribution >= 4 is 50.4 Å². The van der Waals surface area contributed by atoms with Crippen LogP contribution >= 0.6 is 34.5 Å². The molecule has 0 unspecified atom stereocenters. The van der Waals surface area contributed by atoms with Gasteiger partial charge in [0.15, 0.2) is 0 Å². The number of nitrogens with zero attached hydrogens (tertiary/aromatic N) is 5. The van der Waals surface area contributed by atoms with Crippen molar-refractivity contribution in [1.29, 1.82) is 0 Å². The fraction of sp³-hybridized carbons (Fsp3) is 0.0952. The van der Waals surface area contributed by atoms with Gasteiger partial charge in [-0.15, -0.1) is 21.5 Å². The average molecular weight is 486 g/mol. The summed E-state index contributed by atoms with van der Waals surface area (Å²) in [4.78, 5) is 12.1. The minimum absolute atomic E-state index is 0.00310. The van der Waals surface area contributed by atoms with Gasteiger partial charge in [0.2, 0.25) is 5.89 Å². The topological polar surface area (TPSA) is 99.9 Å².